The average Bonchev–Trinajstić information content (AvgIpc) is 3.30. The number of hydrogen-bond acceptors (Lipinski definition) is 6. The van der Waals surface area contributed by atoms with Crippen LogP contribution in [0.4, 0.5) is 10.8 Å². The molecule has 1 saturated heterocycles. The number of fused-ring (bicyclic) bond motifs is 1. The summed E-state index contributed by atoms with van der Waals surface area (Å²) in [7, 11) is 3.92. The SMILES string of the molecule is Cc1ccc2nc(N(CCN(C)C)C(=O)c3ccc(N4C(=O)CCC4=O)cc3)sc2c1.Cl. The highest BCUT2D eigenvalue weighted by atomic mass is 35.5. The highest BCUT2D eigenvalue weighted by molar-refractivity contribution is 7.22. The van der Waals surface area contributed by atoms with Crippen LogP contribution in [0.3, 0.4) is 0 Å². The standard InChI is InChI=1S/C23H24N4O3S.ClH/c1-15-4-9-18-19(14-15)31-23(24-18)26(13-12-25(2)3)22(30)16-5-7-17(8-6-16)27-20(28)10-11-21(27)29;/h4-9,14H,10-13H2,1-3H3;1H. The minimum Gasteiger partial charge on any atom is -0.308 e. The quantitative estimate of drug-likeness (QED) is 0.509. The van der Waals surface area contributed by atoms with Crippen LogP contribution in [0.25, 0.3) is 10.2 Å². The number of thiazole rings is 1. The van der Waals surface area contributed by atoms with Crippen molar-refractivity contribution in [1.29, 1.82) is 0 Å². The van der Waals surface area contributed by atoms with Gasteiger partial charge in [0.15, 0.2) is 5.13 Å². The Morgan fingerprint density at radius 3 is 2.31 bits per heavy atom. The molecule has 7 nitrogen and oxygen atoms in total. The molecule has 1 aromatic heterocycles. The normalized spacial score (nSPS) is 13.7. The first-order chi connectivity index (χ1) is 14.8. The first kappa shape index (κ1) is 23.8. The predicted octanol–water partition coefficient (Wildman–Crippen LogP) is 3.89. The van der Waals surface area contributed by atoms with Crippen LogP contribution < -0.4 is 9.80 Å². The van der Waals surface area contributed by atoms with Gasteiger partial charge in [-0.3, -0.25) is 24.2 Å². The lowest BCUT2D eigenvalue weighted by molar-refractivity contribution is -0.121. The van der Waals surface area contributed by atoms with Crippen molar-refractivity contribution >= 4 is 62.5 Å². The largest absolute Gasteiger partial charge is 0.308 e. The second kappa shape index (κ2) is 9.77. The van der Waals surface area contributed by atoms with E-state index in [9.17, 15) is 14.4 Å². The van der Waals surface area contributed by atoms with Crippen LogP contribution in [0.15, 0.2) is 42.5 Å². The molecule has 3 aromatic rings. The van der Waals surface area contributed by atoms with Crippen molar-refractivity contribution < 1.29 is 14.4 Å². The highest BCUT2D eigenvalue weighted by Crippen LogP contribution is 2.31. The van der Waals surface area contributed by atoms with E-state index in [-0.39, 0.29) is 43.0 Å². The summed E-state index contributed by atoms with van der Waals surface area (Å²) in [6.45, 7) is 3.22. The molecule has 0 radical (unpaired) electrons. The number of aromatic nitrogens is 1. The first-order valence-corrected chi connectivity index (χ1v) is 10.9. The van der Waals surface area contributed by atoms with Gasteiger partial charge in [0.05, 0.1) is 15.9 Å². The summed E-state index contributed by atoms with van der Waals surface area (Å²) in [5.41, 5.74) is 3.00. The van der Waals surface area contributed by atoms with Crippen LogP contribution in [0.5, 0.6) is 0 Å². The number of rotatable bonds is 6. The number of amides is 3. The van der Waals surface area contributed by atoms with Gasteiger partial charge in [-0.2, -0.15) is 0 Å². The van der Waals surface area contributed by atoms with Crippen molar-refractivity contribution in [2.45, 2.75) is 19.8 Å². The predicted molar refractivity (Wildman–Crippen MR) is 130 cm³/mol. The molecule has 1 aliphatic heterocycles. The van der Waals surface area contributed by atoms with E-state index in [0.29, 0.717) is 29.5 Å². The van der Waals surface area contributed by atoms with Gasteiger partial charge in [0, 0.05) is 31.5 Å². The minimum absolute atomic E-state index is 0. The molecule has 0 saturated carbocycles. The van der Waals surface area contributed by atoms with Crippen molar-refractivity contribution in [1.82, 2.24) is 9.88 Å². The highest BCUT2D eigenvalue weighted by Gasteiger charge is 2.30. The number of aryl methyl sites for hydroxylation is 1. The smallest absolute Gasteiger partial charge is 0.260 e. The molecule has 4 rings (SSSR count). The summed E-state index contributed by atoms with van der Waals surface area (Å²) in [5.74, 6) is -0.578. The van der Waals surface area contributed by atoms with Gasteiger partial charge >= 0.3 is 0 Å². The molecule has 3 amide bonds. The Bertz CT molecular complexity index is 1140. The lowest BCUT2D eigenvalue weighted by Crippen LogP contribution is -2.36. The minimum atomic E-state index is -0.207. The molecular weight excluding hydrogens is 448 g/mol. The Kier molecular flexibility index (Phi) is 7.28. The first-order valence-electron chi connectivity index (χ1n) is 10.1. The Labute approximate surface area is 197 Å². The Morgan fingerprint density at radius 1 is 1.03 bits per heavy atom. The summed E-state index contributed by atoms with van der Waals surface area (Å²) < 4.78 is 1.04. The second-order valence-electron chi connectivity index (χ2n) is 7.90. The molecule has 1 fully saturated rings. The second-order valence-corrected chi connectivity index (χ2v) is 8.91. The van der Waals surface area contributed by atoms with E-state index in [4.69, 9.17) is 0 Å². The third kappa shape index (κ3) is 4.82. The van der Waals surface area contributed by atoms with Crippen LogP contribution in [-0.2, 0) is 9.59 Å². The average molecular weight is 473 g/mol. The number of likely N-dealkylation sites (N-methyl/N-ethyl adjacent to an activating group) is 1. The molecule has 2 heterocycles. The zero-order chi connectivity index (χ0) is 22.1. The molecule has 0 atom stereocenters. The van der Waals surface area contributed by atoms with Crippen molar-refractivity contribution in [3.05, 3.63) is 53.6 Å². The van der Waals surface area contributed by atoms with Gasteiger partial charge in [0.2, 0.25) is 11.8 Å². The van der Waals surface area contributed by atoms with E-state index < -0.39 is 0 Å². The third-order valence-electron chi connectivity index (χ3n) is 5.20. The summed E-state index contributed by atoms with van der Waals surface area (Å²) in [6, 6.07) is 12.7. The summed E-state index contributed by atoms with van der Waals surface area (Å²) in [5, 5.41) is 0.654. The number of hydrogen-bond donors (Lipinski definition) is 0. The molecule has 0 bridgehead atoms. The van der Waals surface area contributed by atoms with Gasteiger partial charge in [-0.05, 0) is 63.0 Å². The maximum absolute atomic E-state index is 13.4. The van der Waals surface area contributed by atoms with Crippen LogP contribution in [0, 0.1) is 6.92 Å². The Morgan fingerprint density at radius 2 is 1.69 bits per heavy atom. The number of imide groups is 1. The summed E-state index contributed by atoms with van der Waals surface area (Å²) in [6.07, 6.45) is 0.462. The molecule has 0 spiro atoms. The fourth-order valence-corrected chi connectivity index (χ4v) is 4.58. The number of nitrogens with zero attached hydrogens (tertiary/aromatic N) is 4. The van der Waals surface area contributed by atoms with Gasteiger partial charge in [-0.1, -0.05) is 17.4 Å². The number of carbonyl (C=O) groups excluding carboxylic acids is 3. The topological polar surface area (TPSA) is 73.8 Å². The van der Waals surface area contributed by atoms with E-state index >= 15 is 0 Å². The van der Waals surface area contributed by atoms with Crippen molar-refractivity contribution in [2.24, 2.45) is 0 Å². The molecule has 2 aromatic carbocycles. The van der Waals surface area contributed by atoms with E-state index in [0.717, 1.165) is 15.8 Å². The van der Waals surface area contributed by atoms with Crippen LogP contribution >= 0.6 is 23.7 Å². The van der Waals surface area contributed by atoms with Crippen LogP contribution in [-0.4, -0.2) is 54.8 Å². The van der Waals surface area contributed by atoms with Gasteiger partial charge < -0.3 is 4.90 Å². The third-order valence-corrected chi connectivity index (χ3v) is 6.24. The molecule has 0 N–H and O–H groups in total. The molecule has 0 aliphatic carbocycles. The Balaban J connectivity index is 0.00000289. The monoisotopic (exact) mass is 472 g/mol. The van der Waals surface area contributed by atoms with Gasteiger partial charge in [0.1, 0.15) is 0 Å². The lowest BCUT2D eigenvalue weighted by Gasteiger charge is -2.22. The summed E-state index contributed by atoms with van der Waals surface area (Å²) in [4.78, 5) is 46.9. The fourth-order valence-electron chi connectivity index (χ4n) is 3.49. The number of carbonyl (C=O) groups is 3. The van der Waals surface area contributed by atoms with Gasteiger partial charge in [-0.25, -0.2) is 4.98 Å². The van der Waals surface area contributed by atoms with Crippen molar-refractivity contribution in [3.8, 4) is 0 Å². The zero-order valence-electron chi connectivity index (χ0n) is 18.2. The van der Waals surface area contributed by atoms with Gasteiger partial charge in [-0.15, -0.1) is 12.4 Å². The summed E-state index contributed by atoms with van der Waals surface area (Å²) >= 11 is 1.50. The number of benzene rings is 2. The van der Waals surface area contributed by atoms with Gasteiger partial charge in [0.25, 0.3) is 5.91 Å². The number of anilines is 2. The van der Waals surface area contributed by atoms with E-state index in [1.807, 2.05) is 38.1 Å². The molecule has 1 aliphatic rings. The molecule has 32 heavy (non-hydrogen) atoms. The maximum atomic E-state index is 13.4. The van der Waals surface area contributed by atoms with E-state index in [1.54, 1.807) is 29.2 Å². The molecule has 168 valence electrons. The lowest BCUT2D eigenvalue weighted by atomic mass is 10.1. The van der Waals surface area contributed by atoms with Crippen LogP contribution in [0.2, 0.25) is 0 Å². The molecule has 0 unspecified atom stereocenters. The molecule has 9 heteroatoms. The van der Waals surface area contributed by atoms with E-state index in [1.165, 1.54) is 16.2 Å². The zero-order valence-corrected chi connectivity index (χ0v) is 19.8. The van der Waals surface area contributed by atoms with Crippen molar-refractivity contribution in [3.63, 3.8) is 0 Å². The van der Waals surface area contributed by atoms with Crippen molar-refractivity contribution in [2.75, 3.05) is 37.0 Å². The fraction of sp³-hybridized carbons (Fsp3) is 0.304. The van der Waals surface area contributed by atoms with E-state index in [2.05, 4.69) is 11.1 Å². The number of halogens is 1. The Hall–Kier alpha value is -2.81. The van der Waals surface area contributed by atoms with Crippen LogP contribution in [0.1, 0.15) is 28.8 Å². The maximum Gasteiger partial charge on any atom is 0.260 e. The molecular formula is C23H25ClN4O3S.